The molecule has 1 aliphatic carbocycles. The molecule has 0 atom stereocenters. The van der Waals surface area contributed by atoms with Crippen molar-refractivity contribution < 1.29 is 8.78 Å². The lowest BCUT2D eigenvalue weighted by molar-refractivity contribution is 0.583. The highest BCUT2D eigenvalue weighted by Crippen LogP contribution is 2.17. The van der Waals surface area contributed by atoms with Crippen LogP contribution in [0, 0.1) is 11.6 Å². The van der Waals surface area contributed by atoms with E-state index in [1.807, 2.05) is 0 Å². The molecule has 1 aliphatic rings. The number of nitrogens with one attached hydrogen (secondary N) is 2. The first-order chi connectivity index (χ1) is 9.19. The zero-order chi connectivity index (χ0) is 13.7. The van der Waals surface area contributed by atoms with Crippen molar-refractivity contribution in [3.63, 3.8) is 0 Å². The van der Waals surface area contributed by atoms with E-state index < -0.39 is 11.6 Å². The summed E-state index contributed by atoms with van der Waals surface area (Å²) in [6.45, 7) is 0.0445. The number of hydrogen-bond acceptors (Lipinski definition) is 2. The van der Waals surface area contributed by atoms with Crippen LogP contribution in [-0.4, -0.2) is 12.0 Å². The molecule has 0 spiro atoms. The van der Waals surface area contributed by atoms with Crippen LogP contribution in [0.25, 0.3) is 0 Å². The van der Waals surface area contributed by atoms with Crippen LogP contribution < -0.4 is 16.6 Å². The highest BCUT2D eigenvalue weighted by atomic mass is 19.1. The van der Waals surface area contributed by atoms with Crippen LogP contribution in [0.15, 0.2) is 23.2 Å². The lowest BCUT2D eigenvalue weighted by Gasteiger charge is -2.15. The van der Waals surface area contributed by atoms with Gasteiger partial charge in [-0.1, -0.05) is 12.8 Å². The molecule has 0 heterocycles. The second kappa shape index (κ2) is 6.47. The molecule has 1 aromatic carbocycles. The maximum absolute atomic E-state index is 13.4. The summed E-state index contributed by atoms with van der Waals surface area (Å²) < 4.78 is 26.4. The molecule has 1 aromatic rings. The summed E-state index contributed by atoms with van der Waals surface area (Å²) in [5.74, 6) is 4.84. The lowest BCUT2D eigenvalue weighted by Crippen LogP contribution is -2.45. The highest BCUT2D eigenvalue weighted by molar-refractivity contribution is 5.79. The number of hydrogen-bond donors (Lipinski definition) is 3. The second-order valence-electron chi connectivity index (χ2n) is 4.67. The summed E-state index contributed by atoms with van der Waals surface area (Å²) in [7, 11) is 0. The molecular formula is C13H18F2N4. The topological polar surface area (TPSA) is 62.4 Å². The van der Waals surface area contributed by atoms with E-state index in [9.17, 15) is 8.78 Å². The van der Waals surface area contributed by atoms with Crippen LogP contribution in [-0.2, 0) is 6.54 Å². The van der Waals surface area contributed by atoms with E-state index in [4.69, 9.17) is 5.84 Å². The number of benzene rings is 1. The van der Waals surface area contributed by atoms with Gasteiger partial charge in [0.1, 0.15) is 11.6 Å². The molecule has 6 heteroatoms. The van der Waals surface area contributed by atoms with Gasteiger partial charge in [0, 0.05) is 11.6 Å². The Morgan fingerprint density at radius 1 is 1.32 bits per heavy atom. The smallest absolute Gasteiger partial charge is 0.206 e. The summed E-state index contributed by atoms with van der Waals surface area (Å²) in [6.07, 6.45) is 4.53. The minimum atomic E-state index is -0.474. The number of hydrazine groups is 1. The average molecular weight is 268 g/mol. The van der Waals surface area contributed by atoms with Crippen LogP contribution in [0.1, 0.15) is 31.2 Å². The van der Waals surface area contributed by atoms with Crippen LogP contribution in [0.3, 0.4) is 0 Å². The molecule has 104 valence electrons. The zero-order valence-corrected chi connectivity index (χ0v) is 10.6. The van der Waals surface area contributed by atoms with Gasteiger partial charge in [-0.2, -0.15) is 0 Å². The number of rotatable bonds is 3. The maximum Gasteiger partial charge on any atom is 0.206 e. The van der Waals surface area contributed by atoms with Crippen LogP contribution in [0.2, 0.25) is 0 Å². The number of halogens is 2. The van der Waals surface area contributed by atoms with Crippen molar-refractivity contribution in [1.29, 1.82) is 0 Å². The quantitative estimate of drug-likeness (QED) is 0.339. The predicted octanol–water partition coefficient (Wildman–Crippen LogP) is 1.82. The van der Waals surface area contributed by atoms with Crippen molar-refractivity contribution in [2.24, 2.45) is 10.8 Å². The van der Waals surface area contributed by atoms with Gasteiger partial charge in [-0.3, -0.25) is 5.43 Å². The SMILES string of the molecule is NNC(=NCc1cc(F)ccc1F)NC1CCCC1. The first kappa shape index (κ1) is 13.7. The van der Waals surface area contributed by atoms with E-state index in [0.29, 0.717) is 12.0 Å². The summed E-state index contributed by atoms with van der Waals surface area (Å²) in [5.41, 5.74) is 2.67. The Hall–Kier alpha value is -1.69. The number of aliphatic imine (C=N–C) groups is 1. The summed E-state index contributed by atoms with van der Waals surface area (Å²) in [4.78, 5) is 4.14. The Labute approximate surface area is 111 Å². The van der Waals surface area contributed by atoms with E-state index in [-0.39, 0.29) is 12.1 Å². The monoisotopic (exact) mass is 268 g/mol. The number of guanidine groups is 1. The van der Waals surface area contributed by atoms with Gasteiger partial charge in [0.05, 0.1) is 6.54 Å². The van der Waals surface area contributed by atoms with E-state index in [0.717, 1.165) is 31.0 Å². The van der Waals surface area contributed by atoms with Crippen molar-refractivity contribution in [2.45, 2.75) is 38.3 Å². The van der Waals surface area contributed by atoms with E-state index >= 15 is 0 Å². The van der Waals surface area contributed by atoms with Crippen molar-refractivity contribution in [2.75, 3.05) is 0 Å². The second-order valence-corrected chi connectivity index (χ2v) is 4.67. The molecule has 2 rings (SSSR count). The minimum absolute atomic E-state index is 0.0445. The third-order valence-electron chi connectivity index (χ3n) is 3.25. The molecule has 0 aliphatic heterocycles. The van der Waals surface area contributed by atoms with Crippen molar-refractivity contribution in [1.82, 2.24) is 10.7 Å². The zero-order valence-electron chi connectivity index (χ0n) is 10.6. The fourth-order valence-corrected chi connectivity index (χ4v) is 2.23. The third kappa shape index (κ3) is 3.89. The van der Waals surface area contributed by atoms with Crippen LogP contribution in [0.5, 0.6) is 0 Å². The van der Waals surface area contributed by atoms with Gasteiger partial charge in [-0.25, -0.2) is 19.6 Å². The molecular weight excluding hydrogens is 250 g/mol. The molecule has 19 heavy (non-hydrogen) atoms. The Balaban J connectivity index is 1.99. The lowest BCUT2D eigenvalue weighted by atomic mass is 10.2. The van der Waals surface area contributed by atoms with E-state index in [2.05, 4.69) is 15.7 Å². The molecule has 1 saturated carbocycles. The first-order valence-corrected chi connectivity index (χ1v) is 6.40. The molecule has 4 N–H and O–H groups in total. The largest absolute Gasteiger partial charge is 0.353 e. The minimum Gasteiger partial charge on any atom is -0.353 e. The molecule has 4 nitrogen and oxygen atoms in total. The van der Waals surface area contributed by atoms with E-state index in [1.165, 1.54) is 12.8 Å². The molecule has 0 aromatic heterocycles. The summed E-state index contributed by atoms with van der Waals surface area (Å²) in [6, 6.07) is 3.68. The molecule has 1 fully saturated rings. The first-order valence-electron chi connectivity index (χ1n) is 6.40. The Kier molecular flexibility index (Phi) is 4.68. The van der Waals surface area contributed by atoms with Gasteiger partial charge in [0.2, 0.25) is 5.96 Å². The number of nitrogens with zero attached hydrogens (tertiary/aromatic N) is 1. The molecule has 0 unspecified atom stereocenters. The fraction of sp³-hybridized carbons (Fsp3) is 0.462. The molecule has 0 bridgehead atoms. The molecule has 0 saturated heterocycles. The van der Waals surface area contributed by atoms with Gasteiger partial charge >= 0.3 is 0 Å². The van der Waals surface area contributed by atoms with Gasteiger partial charge in [0.15, 0.2) is 0 Å². The van der Waals surface area contributed by atoms with E-state index in [1.54, 1.807) is 0 Å². The van der Waals surface area contributed by atoms with Gasteiger partial charge < -0.3 is 5.32 Å². The predicted molar refractivity (Wildman–Crippen MR) is 70.2 cm³/mol. The maximum atomic E-state index is 13.4. The standard InChI is InChI=1S/C13H18F2N4/c14-10-5-6-12(15)9(7-10)8-17-13(19-16)18-11-3-1-2-4-11/h5-7,11H,1-4,8,16H2,(H2,17,18,19). The van der Waals surface area contributed by atoms with Gasteiger partial charge in [-0.15, -0.1) is 0 Å². The normalized spacial score (nSPS) is 16.7. The molecule has 0 amide bonds. The number of nitrogens with two attached hydrogens (primary N) is 1. The Bertz CT molecular complexity index is 456. The Morgan fingerprint density at radius 2 is 2.05 bits per heavy atom. The third-order valence-corrected chi connectivity index (χ3v) is 3.25. The summed E-state index contributed by atoms with van der Waals surface area (Å²) >= 11 is 0. The van der Waals surface area contributed by atoms with Crippen molar-refractivity contribution in [3.8, 4) is 0 Å². The van der Waals surface area contributed by atoms with Crippen LogP contribution in [0.4, 0.5) is 8.78 Å². The Morgan fingerprint density at radius 3 is 2.74 bits per heavy atom. The van der Waals surface area contributed by atoms with Gasteiger partial charge in [-0.05, 0) is 31.0 Å². The summed E-state index contributed by atoms with van der Waals surface area (Å²) in [5, 5.41) is 3.17. The average Bonchev–Trinajstić information content (AvgIpc) is 2.91. The van der Waals surface area contributed by atoms with Gasteiger partial charge in [0.25, 0.3) is 0 Å². The molecule has 0 radical (unpaired) electrons. The fourth-order valence-electron chi connectivity index (χ4n) is 2.23. The van der Waals surface area contributed by atoms with Crippen molar-refractivity contribution in [3.05, 3.63) is 35.4 Å². The van der Waals surface area contributed by atoms with Crippen LogP contribution >= 0.6 is 0 Å². The van der Waals surface area contributed by atoms with Crippen molar-refractivity contribution >= 4 is 5.96 Å². The highest BCUT2D eigenvalue weighted by Gasteiger charge is 2.15.